The van der Waals surface area contributed by atoms with Gasteiger partial charge in [-0.25, -0.2) is 0 Å². The molecule has 1 atom stereocenters. The first-order chi connectivity index (χ1) is 4.16. The summed E-state index contributed by atoms with van der Waals surface area (Å²) >= 11 is 0. The lowest BCUT2D eigenvalue weighted by Crippen LogP contribution is -1.98. The molecule has 0 rings (SSSR count). The molecule has 0 spiro atoms. The minimum Gasteiger partial charge on any atom is -0.251 e. The van der Waals surface area contributed by atoms with Crippen molar-refractivity contribution in [2.45, 2.75) is 33.6 Å². The molecule has 9 heavy (non-hydrogen) atoms. The summed E-state index contributed by atoms with van der Waals surface area (Å²) in [4.78, 5) is 0. The van der Waals surface area contributed by atoms with Gasteiger partial charge in [0.2, 0.25) is 0 Å². The van der Waals surface area contributed by atoms with E-state index >= 15 is 0 Å². The van der Waals surface area contributed by atoms with E-state index in [1.165, 1.54) is 0 Å². The molecule has 0 aliphatic carbocycles. The van der Waals surface area contributed by atoms with E-state index < -0.39 is 0 Å². The van der Waals surface area contributed by atoms with Crippen LogP contribution >= 0.6 is 0 Å². The summed E-state index contributed by atoms with van der Waals surface area (Å²) < 4.78 is 11.8. The molecule has 0 nitrogen and oxygen atoms in total. The van der Waals surface area contributed by atoms with E-state index in [-0.39, 0.29) is 12.6 Å². The van der Waals surface area contributed by atoms with Crippen LogP contribution in [0.2, 0.25) is 0 Å². The number of halogens is 1. The Kier molecular flexibility index (Phi) is 4.74. The predicted molar refractivity (Wildman–Crippen MR) is 39.2 cm³/mol. The quantitative estimate of drug-likeness (QED) is 0.551. The fourth-order valence-electron chi connectivity index (χ4n) is 0.695. The Morgan fingerprint density at radius 3 is 2.00 bits per heavy atom. The molecular weight excluding hydrogens is 115 g/mol. The minimum atomic E-state index is -0.160. The normalized spacial score (nSPS) is 14.3. The summed E-state index contributed by atoms with van der Waals surface area (Å²) in [7, 11) is 0. The molecule has 0 N–H and O–H groups in total. The summed E-state index contributed by atoms with van der Waals surface area (Å²) in [5.74, 6) is 0.992. The highest BCUT2D eigenvalue weighted by Gasteiger charge is 2.01. The van der Waals surface area contributed by atoms with Crippen molar-refractivity contribution < 1.29 is 4.39 Å². The van der Waals surface area contributed by atoms with Crippen molar-refractivity contribution >= 4 is 0 Å². The van der Waals surface area contributed by atoms with Crippen molar-refractivity contribution in [2.75, 3.05) is 6.67 Å². The fraction of sp³-hybridized carbons (Fsp3) is 1.00. The maximum Gasteiger partial charge on any atom is 0.0919 e. The SMILES string of the molecule is CC(C)CCC(C)CF. The lowest BCUT2D eigenvalue weighted by Gasteiger charge is -2.07. The van der Waals surface area contributed by atoms with Gasteiger partial charge in [0.25, 0.3) is 0 Å². The van der Waals surface area contributed by atoms with Gasteiger partial charge >= 0.3 is 0 Å². The third-order valence-corrected chi connectivity index (χ3v) is 1.50. The second kappa shape index (κ2) is 4.78. The Morgan fingerprint density at radius 1 is 1.11 bits per heavy atom. The van der Waals surface area contributed by atoms with Gasteiger partial charge < -0.3 is 0 Å². The molecule has 1 heteroatoms. The molecule has 0 heterocycles. The summed E-state index contributed by atoms with van der Waals surface area (Å²) in [6.07, 6.45) is 2.19. The van der Waals surface area contributed by atoms with E-state index in [1.54, 1.807) is 0 Å². The number of rotatable bonds is 4. The van der Waals surface area contributed by atoms with Crippen LogP contribution in [0.25, 0.3) is 0 Å². The third kappa shape index (κ3) is 5.81. The average molecular weight is 132 g/mol. The molecule has 0 saturated carbocycles. The Hall–Kier alpha value is -0.0700. The second-order valence-corrected chi connectivity index (χ2v) is 3.23. The van der Waals surface area contributed by atoms with Crippen LogP contribution in [0.1, 0.15) is 33.6 Å². The lowest BCUT2D eigenvalue weighted by atomic mass is 10.0. The lowest BCUT2D eigenvalue weighted by molar-refractivity contribution is 0.344. The number of hydrogen-bond donors (Lipinski definition) is 0. The highest BCUT2D eigenvalue weighted by Crippen LogP contribution is 2.11. The molecule has 0 aromatic carbocycles. The van der Waals surface area contributed by atoms with E-state index in [0.29, 0.717) is 0 Å². The molecule has 0 radical (unpaired) electrons. The number of alkyl halides is 1. The Labute approximate surface area is 57.5 Å². The van der Waals surface area contributed by atoms with Crippen molar-refractivity contribution in [1.29, 1.82) is 0 Å². The zero-order chi connectivity index (χ0) is 7.28. The molecule has 0 aromatic rings. The molecule has 0 aromatic heterocycles. The van der Waals surface area contributed by atoms with Crippen LogP contribution in [0, 0.1) is 11.8 Å². The monoisotopic (exact) mass is 132 g/mol. The van der Waals surface area contributed by atoms with Crippen molar-refractivity contribution in [3.05, 3.63) is 0 Å². The van der Waals surface area contributed by atoms with E-state index in [4.69, 9.17) is 0 Å². The van der Waals surface area contributed by atoms with E-state index in [0.717, 1.165) is 18.8 Å². The van der Waals surface area contributed by atoms with E-state index in [1.807, 2.05) is 6.92 Å². The first-order valence-corrected chi connectivity index (χ1v) is 3.72. The van der Waals surface area contributed by atoms with Crippen LogP contribution in [-0.4, -0.2) is 6.67 Å². The highest BCUT2D eigenvalue weighted by molar-refractivity contribution is 4.52. The molecular formula is C8H17F. The van der Waals surface area contributed by atoms with Crippen LogP contribution in [0.15, 0.2) is 0 Å². The largest absolute Gasteiger partial charge is 0.251 e. The zero-order valence-corrected chi connectivity index (χ0v) is 6.65. The van der Waals surface area contributed by atoms with E-state index in [9.17, 15) is 4.39 Å². The van der Waals surface area contributed by atoms with E-state index in [2.05, 4.69) is 13.8 Å². The molecule has 0 bridgehead atoms. The fourth-order valence-corrected chi connectivity index (χ4v) is 0.695. The highest BCUT2D eigenvalue weighted by atomic mass is 19.1. The van der Waals surface area contributed by atoms with Crippen LogP contribution in [0.5, 0.6) is 0 Å². The maximum absolute atomic E-state index is 11.8. The van der Waals surface area contributed by atoms with Crippen molar-refractivity contribution in [1.82, 2.24) is 0 Å². The Balaban J connectivity index is 3.06. The second-order valence-electron chi connectivity index (χ2n) is 3.23. The van der Waals surface area contributed by atoms with Gasteiger partial charge in [-0.2, -0.15) is 0 Å². The average Bonchev–Trinajstić information content (AvgIpc) is 1.83. The van der Waals surface area contributed by atoms with Gasteiger partial charge in [0.15, 0.2) is 0 Å². The van der Waals surface area contributed by atoms with Gasteiger partial charge in [-0.1, -0.05) is 27.2 Å². The molecule has 0 aliphatic rings. The molecule has 0 fully saturated rings. The van der Waals surface area contributed by atoms with Gasteiger partial charge in [-0.05, 0) is 18.3 Å². The van der Waals surface area contributed by atoms with Gasteiger partial charge in [-0.3, -0.25) is 4.39 Å². The number of hydrogen-bond acceptors (Lipinski definition) is 0. The molecule has 0 saturated heterocycles. The molecule has 1 unspecified atom stereocenters. The van der Waals surface area contributed by atoms with Gasteiger partial charge in [0.05, 0.1) is 6.67 Å². The van der Waals surface area contributed by atoms with Crippen LogP contribution in [0.3, 0.4) is 0 Å². The summed E-state index contributed by atoms with van der Waals surface area (Å²) in [5.41, 5.74) is 0. The topological polar surface area (TPSA) is 0 Å². The summed E-state index contributed by atoms with van der Waals surface area (Å²) in [6, 6.07) is 0. The van der Waals surface area contributed by atoms with Crippen LogP contribution in [0.4, 0.5) is 4.39 Å². The predicted octanol–water partition coefficient (Wildman–Crippen LogP) is 3.03. The third-order valence-electron chi connectivity index (χ3n) is 1.50. The smallest absolute Gasteiger partial charge is 0.0919 e. The molecule has 56 valence electrons. The zero-order valence-electron chi connectivity index (χ0n) is 6.65. The van der Waals surface area contributed by atoms with Gasteiger partial charge in [-0.15, -0.1) is 0 Å². The summed E-state index contributed by atoms with van der Waals surface area (Å²) in [5, 5.41) is 0. The van der Waals surface area contributed by atoms with Crippen molar-refractivity contribution in [3.63, 3.8) is 0 Å². The maximum atomic E-state index is 11.8. The van der Waals surface area contributed by atoms with Crippen molar-refractivity contribution in [2.24, 2.45) is 11.8 Å². The van der Waals surface area contributed by atoms with Crippen LogP contribution < -0.4 is 0 Å². The Bertz CT molecular complexity index is 59.6. The molecule has 0 aliphatic heterocycles. The van der Waals surface area contributed by atoms with Gasteiger partial charge in [0, 0.05) is 0 Å². The standard InChI is InChI=1S/C8H17F/c1-7(2)4-5-8(3)6-9/h7-8H,4-6H2,1-3H3. The first-order valence-electron chi connectivity index (χ1n) is 3.72. The van der Waals surface area contributed by atoms with Crippen LogP contribution in [-0.2, 0) is 0 Å². The first kappa shape index (κ1) is 8.93. The van der Waals surface area contributed by atoms with Crippen molar-refractivity contribution in [3.8, 4) is 0 Å². The Morgan fingerprint density at radius 2 is 1.67 bits per heavy atom. The molecule has 0 amide bonds. The minimum absolute atomic E-state index is 0.160. The summed E-state index contributed by atoms with van der Waals surface area (Å²) in [6.45, 7) is 6.14. The van der Waals surface area contributed by atoms with Gasteiger partial charge in [0.1, 0.15) is 0 Å².